The second-order valence-electron chi connectivity index (χ2n) is 6.68. The zero-order valence-electron chi connectivity index (χ0n) is 15.0. The molecule has 0 aliphatic rings. The van der Waals surface area contributed by atoms with Crippen LogP contribution >= 0.6 is 11.8 Å². The van der Waals surface area contributed by atoms with Gasteiger partial charge in [0.25, 0.3) is 0 Å². The molecule has 0 bridgehead atoms. The van der Waals surface area contributed by atoms with Crippen LogP contribution in [0.1, 0.15) is 20.8 Å². The van der Waals surface area contributed by atoms with Crippen LogP contribution in [0.5, 0.6) is 0 Å². The highest BCUT2D eigenvalue weighted by Crippen LogP contribution is 2.34. The first-order valence-electron chi connectivity index (χ1n) is 8.49. The summed E-state index contributed by atoms with van der Waals surface area (Å²) >= 11 is 1.43. The molecular weight excluding hydrogens is 351 g/mol. The van der Waals surface area contributed by atoms with Gasteiger partial charge in [0, 0.05) is 16.0 Å². The number of hydrogen-bond acceptors (Lipinski definition) is 4. The number of benzene rings is 2. The Hall–Kier alpha value is -2.27. The summed E-state index contributed by atoms with van der Waals surface area (Å²) in [5.74, 6) is 0.428. The SMILES string of the molecule is CCOC(=O)C(C)(C)CSc1ccc(-c2cc3ccccc3o2)c(F)c1. The van der Waals surface area contributed by atoms with Crippen molar-refractivity contribution in [3.05, 3.63) is 54.3 Å². The van der Waals surface area contributed by atoms with Gasteiger partial charge in [-0.25, -0.2) is 4.39 Å². The number of rotatable bonds is 6. The third-order valence-electron chi connectivity index (χ3n) is 4.06. The molecule has 0 spiro atoms. The lowest BCUT2D eigenvalue weighted by Crippen LogP contribution is -2.29. The molecule has 0 saturated heterocycles. The molecular formula is C21H21FO3S. The van der Waals surface area contributed by atoms with Crippen molar-refractivity contribution >= 4 is 28.7 Å². The van der Waals surface area contributed by atoms with E-state index in [-0.39, 0.29) is 11.8 Å². The van der Waals surface area contributed by atoms with Gasteiger partial charge in [-0.15, -0.1) is 11.8 Å². The Morgan fingerprint density at radius 2 is 1.96 bits per heavy atom. The van der Waals surface area contributed by atoms with E-state index in [1.807, 2.05) is 50.2 Å². The first kappa shape index (κ1) is 18.5. The van der Waals surface area contributed by atoms with Crippen molar-refractivity contribution in [1.82, 2.24) is 0 Å². The molecule has 0 saturated carbocycles. The molecule has 0 atom stereocenters. The molecule has 26 heavy (non-hydrogen) atoms. The number of hydrogen-bond donors (Lipinski definition) is 0. The first-order chi connectivity index (χ1) is 12.4. The molecule has 0 amide bonds. The lowest BCUT2D eigenvalue weighted by molar-refractivity contribution is -0.152. The van der Waals surface area contributed by atoms with E-state index in [9.17, 15) is 9.18 Å². The predicted octanol–water partition coefficient (Wildman–Crippen LogP) is 5.92. The number of fused-ring (bicyclic) bond motifs is 1. The van der Waals surface area contributed by atoms with Gasteiger partial charge in [0.05, 0.1) is 17.6 Å². The lowest BCUT2D eigenvalue weighted by atomic mass is 9.97. The summed E-state index contributed by atoms with van der Waals surface area (Å²) in [6.07, 6.45) is 0. The van der Waals surface area contributed by atoms with E-state index in [1.54, 1.807) is 13.0 Å². The van der Waals surface area contributed by atoms with Crippen molar-refractivity contribution in [2.24, 2.45) is 5.41 Å². The predicted molar refractivity (Wildman–Crippen MR) is 103 cm³/mol. The van der Waals surface area contributed by atoms with Crippen LogP contribution in [0.4, 0.5) is 4.39 Å². The number of carbonyl (C=O) groups is 1. The van der Waals surface area contributed by atoms with E-state index >= 15 is 0 Å². The number of esters is 1. The summed E-state index contributed by atoms with van der Waals surface area (Å²) in [6, 6.07) is 14.5. The van der Waals surface area contributed by atoms with Gasteiger partial charge in [0.2, 0.25) is 0 Å². The van der Waals surface area contributed by atoms with Gasteiger partial charge in [-0.05, 0) is 51.1 Å². The molecule has 136 valence electrons. The number of thioether (sulfide) groups is 1. The monoisotopic (exact) mass is 372 g/mol. The van der Waals surface area contributed by atoms with Crippen molar-refractivity contribution in [3.8, 4) is 11.3 Å². The molecule has 0 aliphatic heterocycles. The normalized spacial score (nSPS) is 11.7. The van der Waals surface area contributed by atoms with Gasteiger partial charge >= 0.3 is 5.97 Å². The number of ether oxygens (including phenoxy) is 1. The van der Waals surface area contributed by atoms with E-state index in [0.29, 0.717) is 23.7 Å². The van der Waals surface area contributed by atoms with Crippen LogP contribution in [0.2, 0.25) is 0 Å². The second kappa shape index (κ2) is 7.54. The van der Waals surface area contributed by atoms with Crippen LogP contribution in [0.3, 0.4) is 0 Å². The smallest absolute Gasteiger partial charge is 0.312 e. The molecule has 3 rings (SSSR count). The zero-order chi connectivity index (χ0) is 18.7. The first-order valence-corrected chi connectivity index (χ1v) is 9.48. The Bertz CT molecular complexity index is 897. The number of para-hydroxylation sites is 1. The van der Waals surface area contributed by atoms with Gasteiger partial charge in [-0.1, -0.05) is 18.2 Å². The average molecular weight is 372 g/mol. The van der Waals surface area contributed by atoms with Crippen molar-refractivity contribution in [3.63, 3.8) is 0 Å². The van der Waals surface area contributed by atoms with E-state index in [0.717, 1.165) is 15.9 Å². The van der Waals surface area contributed by atoms with E-state index in [4.69, 9.17) is 9.15 Å². The fourth-order valence-electron chi connectivity index (χ4n) is 2.55. The highest BCUT2D eigenvalue weighted by atomic mass is 32.2. The topological polar surface area (TPSA) is 39.4 Å². The molecule has 3 nitrogen and oxygen atoms in total. The molecule has 2 aromatic carbocycles. The van der Waals surface area contributed by atoms with Gasteiger partial charge in [0.15, 0.2) is 0 Å². The molecule has 0 unspecified atom stereocenters. The summed E-state index contributed by atoms with van der Waals surface area (Å²) in [5, 5.41) is 0.941. The summed E-state index contributed by atoms with van der Waals surface area (Å²) in [6.45, 7) is 5.80. The number of halogens is 1. The Morgan fingerprint density at radius 1 is 1.19 bits per heavy atom. The quantitative estimate of drug-likeness (QED) is 0.398. The van der Waals surface area contributed by atoms with Crippen LogP contribution in [0.15, 0.2) is 57.8 Å². The van der Waals surface area contributed by atoms with Crippen LogP contribution < -0.4 is 0 Å². The zero-order valence-corrected chi connectivity index (χ0v) is 15.9. The summed E-state index contributed by atoms with van der Waals surface area (Å²) < 4.78 is 25.4. The van der Waals surface area contributed by atoms with Crippen molar-refractivity contribution < 1.29 is 18.3 Å². The molecule has 5 heteroatoms. The minimum absolute atomic E-state index is 0.244. The fraction of sp³-hybridized carbons (Fsp3) is 0.286. The lowest BCUT2D eigenvalue weighted by Gasteiger charge is -2.21. The van der Waals surface area contributed by atoms with E-state index in [2.05, 4.69) is 0 Å². The van der Waals surface area contributed by atoms with Crippen LogP contribution in [0, 0.1) is 11.2 Å². The van der Waals surface area contributed by atoms with Gasteiger partial charge in [-0.2, -0.15) is 0 Å². The molecule has 0 radical (unpaired) electrons. The van der Waals surface area contributed by atoms with Crippen molar-refractivity contribution in [2.75, 3.05) is 12.4 Å². The maximum Gasteiger partial charge on any atom is 0.312 e. The molecule has 0 aliphatic carbocycles. The molecule has 0 fully saturated rings. The summed E-state index contributed by atoms with van der Waals surface area (Å²) in [4.78, 5) is 12.7. The minimum atomic E-state index is -0.630. The summed E-state index contributed by atoms with van der Waals surface area (Å²) in [5.41, 5.74) is 0.529. The summed E-state index contributed by atoms with van der Waals surface area (Å²) in [7, 11) is 0. The van der Waals surface area contributed by atoms with Crippen molar-refractivity contribution in [1.29, 1.82) is 0 Å². The number of carbonyl (C=O) groups excluding carboxylic acids is 1. The molecule has 1 heterocycles. The van der Waals surface area contributed by atoms with Crippen LogP contribution in [-0.2, 0) is 9.53 Å². The third kappa shape index (κ3) is 3.93. The fourth-order valence-corrected chi connectivity index (χ4v) is 3.55. The molecule has 1 aromatic heterocycles. The van der Waals surface area contributed by atoms with E-state index < -0.39 is 5.41 Å². The minimum Gasteiger partial charge on any atom is -0.466 e. The molecule has 0 N–H and O–H groups in total. The van der Waals surface area contributed by atoms with Gasteiger partial charge < -0.3 is 9.15 Å². The Labute approximate surface area is 156 Å². The highest BCUT2D eigenvalue weighted by molar-refractivity contribution is 7.99. The largest absolute Gasteiger partial charge is 0.466 e. The standard InChI is InChI=1S/C21H21FO3S/c1-4-24-20(23)21(2,3)13-26-15-9-10-16(17(22)12-15)19-11-14-7-5-6-8-18(14)25-19/h5-12H,4,13H2,1-3H3. The highest BCUT2D eigenvalue weighted by Gasteiger charge is 2.29. The Kier molecular flexibility index (Phi) is 5.37. The van der Waals surface area contributed by atoms with Crippen LogP contribution in [-0.4, -0.2) is 18.3 Å². The van der Waals surface area contributed by atoms with Crippen molar-refractivity contribution in [2.45, 2.75) is 25.7 Å². The maximum absolute atomic E-state index is 14.6. The molecule has 3 aromatic rings. The Balaban J connectivity index is 1.76. The third-order valence-corrected chi connectivity index (χ3v) is 5.51. The average Bonchev–Trinajstić information content (AvgIpc) is 3.04. The van der Waals surface area contributed by atoms with Crippen LogP contribution in [0.25, 0.3) is 22.3 Å². The second-order valence-corrected chi connectivity index (χ2v) is 7.73. The number of furan rings is 1. The Morgan fingerprint density at radius 3 is 2.65 bits per heavy atom. The van der Waals surface area contributed by atoms with Gasteiger partial charge in [0.1, 0.15) is 17.2 Å². The van der Waals surface area contributed by atoms with E-state index in [1.165, 1.54) is 17.8 Å². The van der Waals surface area contributed by atoms with Gasteiger partial charge in [-0.3, -0.25) is 4.79 Å². The maximum atomic E-state index is 14.6.